The fourth-order valence-corrected chi connectivity index (χ4v) is 2.83. The first-order valence-corrected chi connectivity index (χ1v) is 9.65. The Hall–Kier alpha value is -2.60. The summed E-state index contributed by atoms with van der Waals surface area (Å²) >= 11 is 3.37. The molecule has 6 heteroatoms. The summed E-state index contributed by atoms with van der Waals surface area (Å²) in [6.07, 6.45) is 3.77. The van der Waals surface area contributed by atoms with E-state index < -0.39 is 0 Å². The second kappa shape index (κ2) is 9.37. The Morgan fingerprint density at radius 2 is 1.93 bits per heavy atom. The molecule has 0 unspecified atom stereocenters. The van der Waals surface area contributed by atoms with Crippen LogP contribution < -0.4 is 14.8 Å². The van der Waals surface area contributed by atoms with Gasteiger partial charge in [0, 0.05) is 16.1 Å². The molecule has 1 amide bonds. The van der Waals surface area contributed by atoms with Crippen molar-refractivity contribution in [3.8, 4) is 11.5 Å². The van der Waals surface area contributed by atoms with Crippen LogP contribution in [0.4, 0.5) is 5.69 Å². The van der Waals surface area contributed by atoms with Crippen molar-refractivity contribution in [2.45, 2.75) is 19.8 Å². The van der Waals surface area contributed by atoms with Crippen molar-refractivity contribution >= 4 is 38.4 Å². The van der Waals surface area contributed by atoms with Gasteiger partial charge in [0.15, 0.2) is 6.61 Å². The highest BCUT2D eigenvalue weighted by Gasteiger charge is 2.11. The predicted molar refractivity (Wildman–Crippen MR) is 110 cm³/mol. The van der Waals surface area contributed by atoms with Gasteiger partial charge in [0.1, 0.15) is 17.0 Å². The lowest BCUT2D eigenvalue weighted by atomic mass is 10.1. The molecule has 5 nitrogen and oxygen atoms in total. The Bertz CT molecular complexity index is 913. The summed E-state index contributed by atoms with van der Waals surface area (Å²) in [6.45, 7) is 2.70. The van der Waals surface area contributed by atoms with Gasteiger partial charge in [0.25, 0.3) is 5.91 Å². The Morgan fingerprint density at radius 3 is 2.70 bits per heavy atom. The van der Waals surface area contributed by atoms with Gasteiger partial charge in [-0.1, -0.05) is 29.3 Å². The van der Waals surface area contributed by atoms with Crippen LogP contribution in [0.5, 0.6) is 11.5 Å². The van der Waals surface area contributed by atoms with Crippen LogP contribution in [0.1, 0.15) is 19.8 Å². The third-order valence-corrected chi connectivity index (χ3v) is 4.47. The zero-order valence-corrected chi connectivity index (χ0v) is 16.7. The van der Waals surface area contributed by atoms with E-state index in [1.807, 2.05) is 36.4 Å². The number of nitrogens with one attached hydrogen (secondary N) is 1. The Labute approximate surface area is 166 Å². The molecular weight excluding hydrogens is 408 g/mol. The highest BCUT2D eigenvalue weighted by Crippen LogP contribution is 2.30. The van der Waals surface area contributed by atoms with Gasteiger partial charge in [0.05, 0.1) is 12.3 Å². The number of benzene rings is 2. The maximum atomic E-state index is 12.3. The monoisotopic (exact) mass is 428 g/mol. The molecule has 2 aromatic carbocycles. The molecule has 0 saturated carbocycles. The van der Waals surface area contributed by atoms with Crippen LogP contribution in [-0.2, 0) is 4.79 Å². The topological polar surface area (TPSA) is 60.5 Å². The SMILES string of the molecule is CCCCOc1ccc(NC(=O)COc2ccc(Br)cc2)c2cccnc12. The first kappa shape index (κ1) is 19.2. The number of anilines is 1. The number of rotatable bonds is 8. The number of unbranched alkanes of at least 4 members (excludes halogenated alkanes) is 1. The van der Waals surface area contributed by atoms with Gasteiger partial charge in [-0.2, -0.15) is 0 Å². The molecule has 1 aromatic heterocycles. The molecule has 3 aromatic rings. The lowest BCUT2D eigenvalue weighted by Gasteiger charge is -2.13. The minimum atomic E-state index is -0.234. The summed E-state index contributed by atoms with van der Waals surface area (Å²) < 4.78 is 12.3. The minimum absolute atomic E-state index is 0.0713. The van der Waals surface area contributed by atoms with E-state index in [-0.39, 0.29) is 12.5 Å². The second-order valence-corrected chi connectivity index (χ2v) is 6.92. The molecule has 0 atom stereocenters. The molecule has 0 aliphatic heterocycles. The van der Waals surface area contributed by atoms with Crippen LogP contribution in [0, 0.1) is 0 Å². The summed E-state index contributed by atoms with van der Waals surface area (Å²) in [6, 6.07) is 14.8. The fourth-order valence-electron chi connectivity index (χ4n) is 2.56. The lowest BCUT2D eigenvalue weighted by molar-refractivity contribution is -0.118. The standard InChI is InChI=1S/C21H21BrN2O3/c1-2-3-13-26-19-11-10-18(17-5-4-12-23-21(17)19)24-20(25)14-27-16-8-6-15(22)7-9-16/h4-12H,2-3,13-14H2,1H3,(H,24,25). The van der Waals surface area contributed by atoms with Gasteiger partial charge in [-0.3, -0.25) is 9.78 Å². The molecule has 3 rings (SSSR count). The molecule has 0 spiro atoms. The minimum Gasteiger partial charge on any atom is -0.491 e. The molecule has 27 heavy (non-hydrogen) atoms. The van der Waals surface area contributed by atoms with Crippen molar-refractivity contribution < 1.29 is 14.3 Å². The van der Waals surface area contributed by atoms with Crippen LogP contribution in [0.3, 0.4) is 0 Å². The van der Waals surface area contributed by atoms with Crippen molar-refractivity contribution in [2.24, 2.45) is 0 Å². The zero-order valence-electron chi connectivity index (χ0n) is 15.1. The number of carbonyl (C=O) groups excluding carboxylic acids is 1. The van der Waals surface area contributed by atoms with Crippen LogP contribution >= 0.6 is 15.9 Å². The largest absolute Gasteiger partial charge is 0.491 e. The van der Waals surface area contributed by atoms with Crippen molar-refractivity contribution in [3.63, 3.8) is 0 Å². The Balaban J connectivity index is 1.69. The Kier molecular flexibility index (Phi) is 6.65. The van der Waals surface area contributed by atoms with Gasteiger partial charge in [-0.05, 0) is 55.0 Å². The van der Waals surface area contributed by atoms with Gasteiger partial charge < -0.3 is 14.8 Å². The third kappa shape index (κ3) is 5.20. The Morgan fingerprint density at radius 1 is 1.11 bits per heavy atom. The number of hydrogen-bond donors (Lipinski definition) is 1. The molecule has 140 valence electrons. The van der Waals surface area contributed by atoms with E-state index in [4.69, 9.17) is 9.47 Å². The van der Waals surface area contributed by atoms with E-state index >= 15 is 0 Å². The lowest BCUT2D eigenvalue weighted by Crippen LogP contribution is -2.20. The maximum Gasteiger partial charge on any atom is 0.262 e. The van der Waals surface area contributed by atoms with Crippen molar-refractivity contribution in [2.75, 3.05) is 18.5 Å². The van der Waals surface area contributed by atoms with E-state index in [0.717, 1.165) is 34.0 Å². The number of ether oxygens (including phenoxy) is 2. The van der Waals surface area contributed by atoms with Crippen molar-refractivity contribution in [3.05, 3.63) is 59.2 Å². The van der Waals surface area contributed by atoms with Gasteiger partial charge in [-0.25, -0.2) is 0 Å². The van der Waals surface area contributed by atoms with Crippen LogP contribution in [0.25, 0.3) is 10.9 Å². The zero-order chi connectivity index (χ0) is 19.1. The molecule has 0 saturated heterocycles. The maximum absolute atomic E-state index is 12.3. The molecule has 0 bridgehead atoms. The smallest absolute Gasteiger partial charge is 0.262 e. The molecule has 1 N–H and O–H groups in total. The molecule has 0 fully saturated rings. The van der Waals surface area contributed by atoms with E-state index in [2.05, 4.69) is 33.2 Å². The average molecular weight is 429 g/mol. The summed E-state index contributed by atoms with van der Waals surface area (Å²) in [4.78, 5) is 16.7. The summed E-state index contributed by atoms with van der Waals surface area (Å²) in [5.41, 5.74) is 1.42. The number of amides is 1. The van der Waals surface area contributed by atoms with Gasteiger partial charge in [0.2, 0.25) is 0 Å². The highest BCUT2D eigenvalue weighted by atomic mass is 79.9. The highest BCUT2D eigenvalue weighted by molar-refractivity contribution is 9.10. The first-order valence-electron chi connectivity index (χ1n) is 8.86. The van der Waals surface area contributed by atoms with Crippen molar-refractivity contribution in [1.82, 2.24) is 4.98 Å². The predicted octanol–water partition coefficient (Wildman–Crippen LogP) is 5.19. The molecule has 0 radical (unpaired) electrons. The van der Waals surface area contributed by atoms with E-state index in [1.54, 1.807) is 18.3 Å². The van der Waals surface area contributed by atoms with Crippen molar-refractivity contribution in [1.29, 1.82) is 0 Å². The molecule has 0 aliphatic rings. The van der Waals surface area contributed by atoms with Gasteiger partial charge >= 0.3 is 0 Å². The summed E-state index contributed by atoms with van der Waals surface area (Å²) in [5.74, 6) is 1.13. The number of nitrogens with zero attached hydrogens (tertiary/aromatic N) is 1. The summed E-state index contributed by atoms with van der Waals surface area (Å²) in [5, 5.41) is 3.73. The van der Waals surface area contributed by atoms with Crippen LogP contribution in [-0.4, -0.2) is 24.1 Å². The average Bonchev–Trinajstić information content (AvgIpc) is 2.69. The van der Waals surface area contributed by atoms with E-state index in [1.165, 1.54) is 0 Å². The number of hydrogen-bond acceptors (Lipinski definition) is 4. The fraction of sp³-hybridized carbons (Fsp3) is 0.238. The summed E-state index contributed by atoms with van der Waals surface area (Å²) in [7, 11) is 0. The third-order valence-electron chi connectivity index (χ3n) is 3.95. The number of carbonyl (C=O) groups is 1. The normalized spacial score (nSPS) is 10.6. The molecule has 1 heterocycles. The number of fused-ring (bicyclic) bond motifs is 1. The van der Waals surface area contributed by atoms with E-state index in [9.17, 15) is 4.79 Å². The number of aromatic nitrogens is 1. The van der Waals surface area contributed by atoms with Gasteiger partial charge in [-0.15, -0.1) is 0 Å². The number of pyridine rings is 1. The van der Waals surface area contributed by atoms with Crippen LogP contribution in [0.15, 0.2) is 59.2 Å². The van der Waals surface area contributed by atoms with E-state index in [0.29, 0.717) is 18.0 Å². The first-order chi connectivity index (χ1) is 13.2. The molecule has 0 aliphatic carbocycles. The quantitative estimate of drug-likeness (QED) is 0.501. The van der Waals surface area contributed by atoms with Crippen LogP contribution in [0.2, 0.25) is 0 Å². The molecular formula is C21H21BrN2O3. The second-order valence-electron chi connectivity index (χ2n) is 6.00. The number of halogens is 1.